The summed E-state index contributed by atoms with van der Waals surface area (Å²) < 4.78 is 53.5. The molecule has 2 aliphatic carbocycles. The van der Waals surface area contributed by atoms with E-state index in [-0.39, 0.29) is 25.1 Å². The lowest BCUT2D eigenvalue weighted by Gasteiger charge is -2.30. The van der Waals surface area contributed by atoms with Gasteiger partial charge in [-0.15, -0.1) is 0 Å². The van der Waals surface area contributed by atoms with Gasteiger partial charge in [-0.1, -0.05) is 6.07 Å². The summed E-state index contributed by atoms with van der Waals surface area (Å²) in [6.45, 7) is 0.123. The number of hydrogen-bond donors (Lipinski definition) is 2. The number of sulfonamides is 1. The fourth-order valence-corrected chi connectivity index (χ4v) is 6.15. The van der Waals surface area contributed by atoms with Crippen LogP contribution in [-0.2, 0) is 35.7 Å². The molecule has 4 rings (SSSR count). The molecule has 6 nitrogen and oxygen atoms in total. The van der Waals surface area contributed by atoms with Crippen LogP contribution in [0.15, 0.2) is 17.7 Å². The molecular formula is C20H25F2N3O3S. The first-order chi connectivity index (χ1) is 13.7. The number of hydrogen-bond acceptors (Lipinski definition) is 4. The van der Waals surface area contributed by atoms with Gasteiger partial charge in [0.15, 0.2) is 0 Å². The number of carbonyl (C=O) groups is 1. The van der Waals surface area contributed by atoms with E-state index in [1.54, 1.807) is 7.05 Å². The molecule has 1 aliphatic heterocycles. The number of amides is 2. The zero-order chi connectivity index (χ0) is 20.8. The molecule has 1 aromatic carbocycles. The standard InChI is InChI=1S/C20H25F2N3O3S/c1-25-10-14(19(21)22)9-15(11-25)29(27,28)24-20(26)23-18-16-6-2-4-12(16)8-13-5-3-7-17(13)18/h8,15H,2-7,9-11H2,1H3,(H2,23,24,26). The highest BCUT2D eigenvalue weighted by Gasteiger charge is 2.35. The van der Waals surface area contributed by atoms with Gasteiger partial charge in [0.2, 0.25) is 10.0 Å². The van der Waals surface area contributed by atoms with Gasteiger partial charge in [0.25, 0.3) is 6.08 Å². The van der Waals surface area contributed by atoms with Gasteiger partial charge >= 0.3 is 6.03 Å². The van der Waals surface area contributed by atoms with Gasteiger partial charge in [-0.3, -0.25) is 0 Å². The topological polar surface area (TPSA) is 78.5 Å². The van der Waals surface area contributed by atoms with Crippen molar-refractivity contribution < 1.29 is 22.0 Å². The zero-order valence-corrected chi connectivity index (χ0v) is 17.2. The summed E-state index contributed by atoms with van der Waals surface area (Å²) >= 11 is 0. The second kappa shape index (κ2) is 7.68. The van der Waals surface area contributed by atoms with Crippen molar-refractivity contribution in [3.63, 3.8) is 0 Å². The largest absolute Gasteiger partial charge is 0.332 e. The molecule has 2 N–H and O–H groups in total. The second-order valence-corrected chi connectivity index (χ2v) is 10.2. The summed E-state index contributed by atoms with van der Waals surface area (Å²) in [5.41, 5.74) is 5.20. The van der Waals surface area contributed by atoms with Crippen molar-refractivity contribution in [3.8, 4) is 0 Å². The summed E-state index contributed by atoms with van der Waals surface area (Å²) in [4.78, 5) is 14.1. The molecule has 3 aliphatic rings. The molecule has 0 radical (unpaired) electrons. The van der Waals surface area contributed by atoms with Gasteiger partial charge < -0.3 is 10.2 Å². The highest BCUT2D eigenvalue weighted by atomic mass is 32.2. The highest BCUT2D eigenvalue weighted by molar-refractivity contribution is 7.90. The molecular weight excluding hydrogens is 400 g/mol. The fourth-order valence-electron chi connectivity index (χ4n) is 4.81. The molecule has 9 heteroatoms. The molecule has 0 saturated carbocycles. The predicted octanol–water partition coefficient (Wildman–Crippen LogP) is 2.97. The first kappa shape index (κ1) is 20.3. The Morgan fingerprint density at radius 1 is 1.10 bits per heavy atom. The number of anilines is 1. The maximum atomic E-state index is 13.0. The number of aryl methyl sites for hydroxylation is 2. The van der Waals surface area contributed by atoms with Crippen molar-refractivity contribution >= 4 is 21.7 Å². The van der Waals surface area contributed by atoms with Crippen molar-refractivity contribution in [2.24, 2.45) is 0 Å². The highest BCUT2D eigenvalue weighted by Crippen LogP contribution is 2.38. The molecule has 1 fully saturated rings. The molecule has 1 saturated heterocycles. The third-order valence-electron chi connectivity index (χ3n) is 6.10. The lowest BCUT2D eigenvalue weighted by Crippen LogP contribution is -2.48. The minimum Gasteiger partial charge on any atom is -0.307 e. The predicted molar refractivity (Wildman–Crippen MR) is 107 cm³/mol. The number of benzene rings is 1. The van der Waals surface area contributed by atoms with Crippen molar-refractivity contribution in [1.82, 2.24) is 9.62 Å². The number of rotatable bonds is 3. The van der Waals surface area contributed by atoms with Crippen LogP contribution < -0.4 is 10.0 Å². The number of nitrogens with one attached hydrogen (secondary N) is 2. The van der Waals surface area contributed by atoms with Crippen molar-refractivity contribution in [2.75, 3.05) is 25.5 Å². The van der Waals surface area contributed by atoms with Crippen molar-refractivity contribution in [2.45, 2.75) is 50.2 Å². The Morgan fingerprint density at radius 2 is 1.72 bits per heavy atom. The number of likely N-dealkylation sites (N-methyl/N-ethyl adjacent to an activating group) is 1. The molecule has 158 valence electrons. The van der Waals surface area contributed by atoms with Crippen LogP contribution in [-0.4, -0.2) is 44.7 Å². The SMILES string of the molecule is CN1CC(=C(F)F)CC(S(=O)(=O)NC(=O)Nc2c3c(cc4c2CCC4)CCC3)C1. The number of nitrogens with zero attached hydrogens (tertiary/aromatic N) is 1. The van der Waals surface area contributed by atoms with Gasteiger partial charge in [-0.05, 0) is 74.2 Å². The number of fused-ring (bicyclic) bond motifs is 2. The second-order valence-electron chi connectivity index (χ2n) is 8.22. The Bertz CT molecular complexity index is 955. The van der Waals surface area contributed by atoms with E-state index in [0.717, 1.165) is 55.3 Å². The summed E-state index contributed by atoms with van der Waals surface area (Å²) in [7, 11) is -2.52. The van der Waals surface area contributed by atoms with Gasteiger partial charge in [0.05, 0.1) is 5.25 Å². The van der Waals surface area contributed by atoms with Gasteiger partial charge in [0, 0.05) is 24.4 Å². The van der Waals surface area contributed by atoms with E-state index in [4.69, 9.17) is 0 Å². The molecule has 2 amide bonds. The first-order valence-corrected chi connectivity index (χ1v) is 11.5. The fraction of sp³-hybridized carbons (Fsp3) is 0.550. The maximum absolute atomic E-state index is 13.0. The third kappa shape index (κ3) is 4.02. The lowest BCUT2D eigenvalue weighted by molar-refractivity contribution is 0.256. The van der Waals surface area contributed by atoms with Crippen LogP contribution in [0.1, 0.15) is 41.5 Å². The molecule has 1 unspecified atom stereocenters. The smallest absolute Gasteiger partial charge is 0.307 e. The Labute approximate surface area is 169 Å². The monoisotopic (exact) mass is 425 g/mol. The Balaban J connectivity index is 1.53. The van der Waals surface area contributed by atoms with Gasteiger partial charge in [0.1, 0.15) is 0 Å². The summed E-state index contributed by atoms with van der Waals surface area (Å²) in [6.07, 6.45) is 3.58. The minimum atomic E-state index is -4.10. The molecule has 0 spiro atoms. The van der Waals surface area contributed by atoms with Crippen LogP contribution >= 0.6 is 0 Å². The number of halogens is 2. The summed E-state index contributed by atoms with van der Waals surface area (Å²) in [6, 6.07) is 1.40. The lowest BCUT2D eigenvalue weighted by atomic mass is 9.99. The molecule has 0 bridgehead atoms. The van der Waals surface area contributed by atoms with E-state index >= 15 is 0 Å². The van der Waals surface area contributed by atoms with E-state index < -0.39 is 27.4 Å². The Kier molecular flexibility index (Phi) is 5.37. The van der Waals surface area contributed by atoms with E-state index in [2.05, 4.69) is 16.1 Å². The molecule has 0 aromatic heterocycles. The van der Waals surface area contributed by atoms with Gasteiger partial charge in [-0.2, -0.15) is 8.78 Å². The van der Waals surface area contributed by atoms with Crippen LogP contribution in [0.25, 0.3) is 0 Å². The zero-order valence-electron chi connectivity index (χ0n) is 16.4. The summed E-state index contributed by atoms with van der Waals surface area (Å²) in [5.74, 6) is 0. The van der Waals surface area contributed by atoms with E-state index in [1.165, 1.54) is 16.0 Å². The summed E-state index contributed by atoms with van der Waals surface area (Å²) in [5, 5.41) is 1.68. The van der Waals surface area contributed by atoms with Crippen LogP contribution in [0.5, 0.6) is 0 Å². The van der Waals surface area contributed by atoms with E-state index in [9.17, 15) is 22.0 Å². The minimum absolute atomic E-state index is 0.0306. The van der Waals surface area contributed by atoms with Crippen molar-refractivity contribution in [1.29, 1.82) is 0 Å². The Hall–Kier alpha value is -2.00. The third-order valence-corrected chi connectivity index (χ3v) is 7.77. The van der Waals surface area contributed by atoms with E-state index in [1.807, 2.05) is 0 Å². The number of urea groups is 1. The molecule has 29 heavy (non-hydrogen) atoms. The molecule has 1 atom stereocenters. The number of likely N-dealkylation sites (tertiary alicyclic amines) is 1. The average molecular weight is 426 g/mol. The number of carbonyl (C=O) groups excluding carboxylic acids is 1. The van der Waals surface area contributed by atoms with Crippen LogP contribution in [0.3, 0.4) is 0 Å². The quantitative estimate of drug-likeness (QED) is 0.781. The number of piperidine rings is 1. The molecule has 1 heterocycles. The maximum Gasteiger partial charge on any atom is 0.332 e. The van der Waals surface area contributed by atoms with Crippen LogP contribution in [0, 0.1) is 0 Å². The van der Waals surface area contributed by atoms with Gasteiger partial charge in [-0.25, -0.2) is 17.9 Å². The first-order valence-electron chi connectivity index (χ1n) is 9.95. The Morgan fingerprint density at radius 3 is 2.31 bits per heavy atom. The van der Waals surface area contributed by atoms with Crippen molar-refractivity contribution in [3.05, 3.63) is 40.0 Å². The van der Waals surface area contributed by atoms with E-state index in [0.29, 0.717) is 0 Å². The normalized spacial score (nSPS) is 21.6. The molecule has 1 aromatic rings. The van der Waals surface area contributed by atoms with Crippen LogP contribution in [0.4, 0.5) is 19.3 Å². The van der Waals surface area contributed by atoms with Crippen LogP contribution in [0.2, 0.25) is 0 Å². The average Bonchev–Trinajstić information content (AvgIpc) is 3.29.